The van der Waals surface area contributed by atoms with Crippen LogP contribution in [0.25, 0.3) is 0 Å². The van der Waals surface area contributed by atoms with Crippen molar-refractivity contribution in [1.82, 2.24) is 4.98 Å². The molecule has 2 aromatic rings. The Balaban J connectivity index is 1.68. The van der Waals surface area contributed by atoms with Gasteiger partial charge in [0.2, 0.25) is 0 Å². The zero-order valence-corrected chi connectivity index (χ0v) is 17.3. The molecular weight excluding hydrogens is 360 g/mol. The summed E-state index contributed by atoms with van der Waals surface area (Å²) >= 11 is 0. The van der Waals surface area contributed by atoms with Gasteiger partial charge in [-0.05, 0) is 69.4 Å². The van der Waals surface area contributed by atoms with E-state index in [1.807, 2.05) is 18.2 Å². The van der Waals surface area contributed by atoms with Gasteiger partial charge in [-0.25, -0.2) is 13.4 Å². The number of pyridine rings is 1. The molecule has 0 amide bonds. The number of piperidine rings is 1. The minimum absolute atomic E-state index is 0.144. The lowest BCUT2D eigenvalue weighted by molar-refractivity contribution is 0.412. The molecule has 0 unspecified atom stereocenters. The van der Waals surface area contributed by atoms with Crippen molar-refractivity contribution in [3.8, 4) is 5.75 Å². The van der Waals surface area contributed by atoms with Crippen LogP contribution in [-0.4, -0.2) is 38.3 Å². The molecule has 2 heterocycles. The molecule has 0 bridgehead atoms. The van der Waals surface area contributed by atoms with E-state index in [-0.39, 0.29) is 5.03 Å². The Morgan fingerprint density at radius 1 is 1.11 bits per heavy atom. The number of anilines is 1. The van der Waals surface area contributed by atoms with Crippen molar-refractivity contribution in [3.05, 3.63) is 48.2 Å². The molecule has 3 rings (SSSR count). The van der Waals surface area contributed by atoms with Gasteiger partial charge < -0.3 is 9.64 Å². The van der Waals surface area contributed by atoms with Gasteiger partial charge >= 0.3 is 0 Å². The maximum Gasteiger partial charge on any atom is 0.200 e. The number of hydrogen-bond acceptors (Lipinski definition) is 5. The van der Waals surface area contributed by atoms with Gasteiger partial charge in [0.1, 0.15) is 5.75 Å². The lowest BCUT2D eigenvalue weighted by Gasteiger charge is -2.33. The quantitative estimate of drug-likeness (QED) is 0.791. The highest BCUT2D eigenvalue weighted by Gasteiger charge is 2.32. The van der Waals surface area contributed by atoms with Gasteiger partial charge in [0.05, 0.1) is 23.7 Å². The molecule has 0 spiro atoms. The molecule has 5 nitrogen and oxygen atoms in total. The molecule has 1 aliphatic heterocycles. The van der Waals surface area contributed by atoms with E-state index in [0.717, 1.165) is 37.4 Å². The zero-order valence-electron chi connectivity index (χ0n) is 16.5. The summed E-state index contributed by atoms with van der Waals surface area (Å²) in [5, 5.41) is 0.144. The molecule has 0 atom stereocenters. The fourth-order valence-electron chi connectivity index (χ4n) is 3.40. The van der Waals surface area contributed by atoms with Crippen molar-refractivity contribution in [3.63, 3.8) is 0 Å². The molecule has 1 saturated heterocycles. The maximum absolute atomic E-state index is 12.5. The van der Waals surface area contributed by atoms with Crippen LogP contribution in [0.1, 0.15) is 45.1 Å². The second kappa shape index (κ2) is 7.50. The summed E-state index contributed by atoms with van der Waals surface area (Å²) in [5.74, 6) is 1.42. The summed E-state index contributed by atoms with van der Waals surface area (Å²) in [5.41, 5.74) is 2.30. The predicted molar refractivity (Wildman–Crippen MR) is 108 cm³/mol. The van der Waals surface area contributed by atoms with Crippen LogP contribution >= 0.6 is 0 Å². The van der Waals surface area contributed by atoms with E-state index in [1.165, 1.54) is 5.56 Å². The average molecular weight is 389 g/mol. The van der Waals surface area contributed by atoms with Crippen LogP contribution in [0.2, 0.25) is 0 Å². The lowest BCUT2D eigenvalue weighted by atomic mass is 9.89. The Kier molecular flexibility index (Phi) is 5.47. The zero-order chi connectivity index (χ0) is 19.7. The number of ether oxygens (including phenoxy) is 1. The van der Waals surface area contributed by atoms with Gasteiger partial charge in [-0.1, -0.05) is 12.1 Å². The topological polar surface area (TPSA) is 59.5 Å². The van der Waals surface area contributed by atoms with E-state index in [2.05, 4.69) is 22.0 Å². The van der Waals surface area contributed by atoms with Gasteiger partial charge in [0.15, 0.2) is 14.9 Å². The van der Waals surface area contributed by atoms with Crippen molar-refractivity contribution < 1.29 is 13.2 Å². The van der Waals surface area contributed by atoms with Crippen molar-refractivity contribution in [2.45, 2.75) is 49.3 Å². The van der Waals surface area contributed by atoms with Crippen LogP contribution in [-0.2, 0) is 9.84 Å². The van der Waals surface area contributed by atoms with E-state index >= 15 is 0 Å². The molecule has 1 aliphatic rings. The van der Waals surface area contributed by atoms with Gasteiger partial charge in [0, 0.05) is 13.1 Å². The summed E-state index contributed by atoms with van der Waals surface area (Å²) in [6.45, 7) is 6.94. The highest BCUT2D eigenvalue weighted by molar-refractivity contribution is 7.92. The minimum atomic E-state index is -3.42. The SMILES string of the molecule is COc1cccc(C2CCN(c3ccc(S(=O)(=O)C(C)(C)C)nc3)CC2)c1. The molecule has 0 aliphatic carbocycles. The molecule has 0 saturated carbocycles. The van der Waals surface area contributed by atoms with Crippen molar-refractivity contribution in [2.24, 2.45) is 0 Å². The smallest absolute Gasteiger partial charge is 0.200 e. The number of rotatable bonds is 4. The fourth-order valence-corrected chi connectivity index (χ4v) is 4.46. The van der Waals surface area contributed by atoms with Crippen molar-refractivity contribution in [1.29, 1.82) is 0 Å². The molecule has 6 heteroatoms. The van der Waals surface area contributed by atoms with Crippen molar-refractivity contribution in [2.75, 3.05) is 25.1 Å². The van der Waals surface area contributed by atoms with Crippen LogP contribution in [0.3, 0.4) is 0 Å². The third-order valence-electron chi connectivity index (χ3n) is 5.23. The third kappa shape index (κ3) is 4.10. The maximum atomic E-state index is 12.5. The highest BCUT2D eigenvalue weighted by atomic mass is 32.2. The molecule has 1 fully saturated rings. The van der Waals surface area contributed by atoms with E-state index in [9.17, 15) is 8.42 Å². The fraction of sp³-hybridized carbons (Fsp3) is 0.476. The number of methoxy groups -OCH3 is 1. The first-order valence-electron chi connectivity index (χ1n) is 9.32. The molecule has 146 valence electrons. The molecule has 0 radical (unpaired) electrons. The Morgan fingerprint density at radius 3 is 2.37 bits per heavy atom. The Labute approximate surface area is 162 Å². The molecule has 27 heavy (non-hydrogen) atoms. The second-order valence-electron chi connectivity index (χ2n) is 8.01. The van der Waals surface area contributed by atoms with E-state index in [0.29, 0.717) is 5.92 Å². The summed E-state index contributed by atoms with van der Waals surface area (Å²) < 4.78 is 29.5. The van der Waals surface area contributed by atoms with Gasteiger partial charge in [0.25, 0.3) is 0 Å². The number of sulfone groups is 1. The average Bonchev–Trinajstić information content (AvgIpc) is 2.67. The first kappa shape index (κ1) is 19.7. The summed E-state index contributed by atoms with van der Waals surface area (Å²) in [4.78, 5) is 6.52. The normalized spacial score (nSPS) is 16.4. The molecule has 0 N–H and O–H groups in total. The summed E-state index contributed by atoms with van der Waals surface area (Å²) in [6.07, 6.45) is 3.79. The van der Waals surface area contributed by atoms with Crippen LogP contribution in [0, 0.1) is 0 Å². The number of aromatic nitrogens is 1. The summed E-state index contributed by atoms with van der Waals surface area (Å²) in [7, 11) is -1.72. The van der Waals surface area contributed by atoms with Crippen LogP contribution in [0.15, 0.2) is 47.6 Å². The first-order chi connectivity index (χ1) is 12.7. The van der Waals surface area contributed by atoms with Gasteiger partial charge in [-0.15, -0.1) is 0 Å². The first-order valence-corrected chi connectivity index (χ1v) is 10.8. The lowest BCUT2D eigenvalue weighted by Crippen LogP contribution is -2.33. The van der Waals surface area contributed by atoms with E-state index in [1.54, 1.807) is 40.1 Å². The second-order valence-corrected chi connectivity index (χ2v) is 10.7. The van der Waals surface area contributed by atoms with Crippen LogP contribution < -0.4 is 9.64 Å². The third-order valence-corrected chi connectivity index (χ3v) is 7.63. The largest absolute Gasteiger partial charge is 0.497 e. The van der Waals surface area contributed by atoms with E-state index < -0.39 is 14.6 Å². The minimum Gasteiger partial charge on any atom is -0.497 e. The number of benzene rings is 1. The standard InChI is InChI=1S/C21H28N2O3S/c1-21(2,3)27(24,25)20-9-8-18(15-22-20)23-12-10-16(11-13-23)17-6-5-7-19(14-17)26-4/h5-9,14-16H,10-13H2,1-4H3. The molecular formula is C21H28N2O3S. The Morgan fingerprint density at radius 2 is 1.81 bits per heavy atom. The van der Waals surface area contributed by atoms with Crippen molar-refractivity contribution >= 4 is 15.5 Å². The summed E-state index contributed by atoms with van der Waals surface area (Å²) in [6, 6.07) is 11.8. The molecule has 1 aromatic carbocycles. The predicted octanol–water partition coefficient (Wildman–Crippen LogP) is 4.05. The molecule has 1 aromatic heterocycles. The number of nitrogens with zero attached hydrogens (tertiary/aromatic N) is 2. The van der Waals surface area contributed by atoms with Crippen LogP contribution in [0.4, 0.5) is 5.69 Å². The number of hydrogen-bond donors (Lipinski definition) is 0. The van der Waals surface area contributed by atoms with E-state index in [4.69, 9.17) is 4.74 Å². The highest BCUT2D eigenvalue weighted by Crippen LogP contribution is 2.32. The van der Waals surface area contributed by atoms with Gasteiger partial charge in [-0.2, -0.15) is 0 Å². The monoisotopic (exact) mass is 388 g/mol. The van der Waals surface area contributed by atoms with Crippen LogP contribution in [0.5, 0.6) is 5.75 Å². The Bertz CT molecular complexity index is 878. The Hall–Kier alpha value is -2.08. The van der Waals surface area contributed by atoms with Gasteiger partial charge in [-0.3, -0.25) is 0 Å².